The molecule has 2 N–H and O–H groups in total. The maximum absolute atomic E-state index is 14.1. The van der Waals surface area contributed by atoms with Gasteiger partial charge in [0.1, 0.15) is 11.6 Å². The van der Waals surface area contributed by atoms with Crippen molar-refractivity contribution in [1.82, 2.24) is 10.2 Å². The van der Waals surface area contributed by atoms with Gasteiger partial charge in [-0.2, -0.15) is 13.2 Å². The molecule has 0 saturated carbocycles. The molecular weight excluding hydrogens is 533 g/mol. The average molecular weight is 552 g/mol. The number of hydrogen-bond acceptors (Lipinski definition) is 3. The Morgan fingerprint density at radius 3 is 2.39 bits per heavy atom. The summed E-state index contributed by atoms with van der Waals surface area (Å²) in [6, 6.07) is 6.65. The van der Waals surface area contributed by atoms with E-state index in [9.17, 15) is 36.3 Å². The summed E-state index contributed by atoms with van der Waals surface area (Å²) < 4.78 is 67.6. The van der Waals surface area contributed by atoms with Crippen LogP contribution >= 0.6 is 11.6 Å². The number of carbonyl (C=O) groups excluding carboxylic acids is 3. The number of amides is 3. The molecule has 0 bridgehead atoms. The topological polar surface area (TPSA) is 78.5 Å². The summed E-state index contributed by atoms with van der Waals surface area (Å²) in [5.74, 6) is -3.96. The van der Waals surface area contributed by atoms with Gasteiger partial charge in [-0.3, -0.25) is 14.4 Å². The number of carbonyl (C=O) groups is 3. The number of likely N-dealkylation sites (N-methyl/N-ethyl adjacent to an activating group) is 1. The van der Waals surface area contributed by atoms with Crippen molar-refractivity contribution < 1.29 is 36.3 Å². The van der Waals surface area contributed by atoms with Gasteiger partial charge < -0.3 is 15.5 Å². The molecule has 0 aromatic heterocycles. The highest BCUT2D eigenvalue weighted by Gasteiger charge is 2.36. The summed E-state index contributed by atoms with van der Waals surface area (Å²) in [5, 5.41) is 5.19. The summed E-state index contributed by atoms with van der Waals surface area (Å²) in [6.45, 7) is 0. The zero-order chi connectivity index (χ0) is 27.9. The highest BCUT2D eigenvalue weighted by molar-refractivity contribution is 6.31. The third-order valence-corrected chi connectivity index (χ3v) is 6.25. The van der Waals surface area contributed by atoms with Crippen LogP contribution in [0.15, 0.2) is 48.5 Å². The van der Waals surface area contributed by atoms with Crippen LogP contribution < -0.4 is 10.6 Å². The first kappa shape index (κ1) is 27.1. The van der Waals surface area contributed by atoms with Crippen molar-refractivity contribution in [2.45, 2.75) is 18.6 Å². The predicted molar refractivity (Wildman–Crippen MR) is 129 cm³/mol. The zero-order valence-electron chi connectivity index (χ0n) is 19.8. The first-order valence-electron chi connectivity index (χ1n) is 11.1. The molecule has 3 amide bonds. The summed E-state index contributed by atoms with van der Waals surface area (Å²) in [4.78, 5) is 39.5. The molecule has 1 unspecified atom stereocenters. The molecule has 0 saturated heterocycles. The van der Waals surface area contributed by atoms with E-state index < -0.39 is 46.8 Å². The SMILES string of the molecule is CN(C)C(=O)Cc1cc(NC(=O)c2cc(F)cc(C(F)(F)F)c2)c2c(c1)C(=O)NC2c1cc(F)ccc1Cl. The average Bonchev–Trinajstić information content (AvgIpc) is 3.16. The van der Waals surface area contributed by atoms with Crippen LogP contribution in [-0.2, 0) is 17.4 Å². The van der Waals surface area contributed by atoms with Gasteiger partial charge in [0.05, 0.1) is 18.0 Å². The minimum absolute atomic E-state index is 0.0458. The van der Waals surface area contributed by atoms with Crippen molar-refractivity contribution in [2.75, 3.05) is 19.4 Å². The molecule has 198 valence electrons. The van der Waals surface area contributed by atoms with Crippen LogP contribution in [0.5, 0.6) is 0 Å². The molecule has 1 aliphatic rings. The minimum Gasteiger partial charge on any atom is -0.349 e. The molecule has 4 rings (SSSR count). The molecule has 0 radical (unpaired) electrons. The van der Waals surface area contributed by atoms with Crippen molar-refractivity contribution in [2.24, 2.45) is 0 Å². The van der Waals surface area contributed by atoms with E-state index >= 15 is 0 Å². The van der Waals surface area contributed by atoms with Gasteiger partial charge in [0, 0.05) is 47.1 Å². The van der Waals surface area contributed by atoms with Gasteiger partial charge in [0.2, 0.25) is 5.91 Å². The second-order valence-electron chi connectivity index (χ2n) is 8.82. The largest absolute Gasteiger partial charge is 0.416 e. The van der Waals surface area contributed by atoms with Gasteiger partial charge in [-0.15, -0.1) is 0 Å². The van der Waals surface area contributed by atoms with Crippen LogP contribution in [0, 0.1) is 11.6 Å². The Balaban J connectivity index is 1.84. The van der Waals surface area contributed by atoms with Gasteiger partial charge in [-0.1, -0.05) is 11.6 Å². The van der Waals surface area contributed by atoms with Crippen LogP contribution in [0.1, 0.15) is 49.0 Å². The molecule has 12 heteroatoms. The van der Waals surface area contributed by atoms with E-state index in [2.05, 4.69) is 10.6 Å². The second kappa shape index (κ2) is 10.1. The number of hydrogen-bond donors (Lipinski definition) is 2. The van der Waals surface area contributed by atoms with Crippen molar-refractivity contribution in [1.29, 1.82) is 0 Å². The van der Waals surface area contributed by atoms with Gasteiger partial charge in [-0.05, 0) is 54.1 Å². The molecule has 3 aromatic rings. The van der Waals surface area contributed by atoms with E-state index in [1.54, 1.807) is 0 Å². The highest BCUT2D eigenvalue weighted by atomic mass is 35.5. The van der Waals surface area contributed by atoms with Crippen LogP contribution in [0.4, 0.5) is 27.6 Å². The van der Waals surface area contributed by atoms with Crippen LogP contribution in [0.3, 0.4) is 0 Å². The van der Waals surface area contributed by atoms with E-state index in [0.717, 1.165) is 12.1 Å². The van der Waals surface area contributed by atoms with Gasteiger partial charge in [0.25, 0.3) is 11.8 Å². The Bertz CT molecular complexity index is 1470. The fraction of sp³-hybridized carbons (Fsp3) is 0.192. The number of benzene rings is 3. The van der Waals surface area contributed by atoms with Crippen LogP contribution in [0.25, 0.3) is 0 Å². The third-order valence-electron chi connectivity index (χ3n) is 5.91. The van der Waals surface area contributed by atoms with Crippen molar-refractivity contribution in [3.63, 3.8) is 0 Å². The lowest BCUT2D eigenvalue weighted by Crippen LogP contribution is -2.24. The minimum atomic E-state index is -4.90. The monoisotopic (exact) mass is 551 g/mol. The molecular formula is C26H19ClF5N3O3. The fourth-order valence-electron chi connectivity index (χ4n) is 4.08. The van der Waals surface area contributed by atoms with E-state index in [1.807, 2.05) is 0 Å². The Kier molecular flexibility index (Phi) is 7.16. The second-order valence-corrected chi connectivity index (χ2v) is 9.23. The molecule has 1 aliphatic heterocycles. The smallest absolute Gasteiger partial charge is 0.349 e. The van der Waals surface area contributed by atoms with Gasteiger partial charge in [-0.25, -0.2) is 8.78 Å². The van der Waals surface area contributed by atoms with Crippen LogP contribution in [0.2, 0.25) is 5.02 Å². The maximum atomic E-state index is 14.1. The first-order valence-corrected chi connectivity index (χ1v) is 11.4. The van der Waals surface area contributed by atoms with Crippen molar-refractivity contribution in [3.05, 3.63) is 98.6 Å². The fourth-order valence-corrected chi connectivity index (χ4v) is 4.31. The summed E-state index contributed by atoms with van der Waals surface area (Å²) in [5.41, 5.74) is -1.35. The lowest BCUT2D eigenvalue weighted by atomic mass is 9.93. The number of alkyl halides is 3. The quantitative estimate of drug-likeness (QED) is 0.420. The Labute approximate surface area is 218 Å². The third kappa shape index (κ3) is 5.47. The molecule has 38 heavy (non-hydrogen) atoms. The lowest BCUT2D eigenvalue weighted by molar-refractivity contribution is -0.137. The van der Waals surface area contributed by atoms with Crippen molar-refractivity contribution in [3.8, 4) is 0 Å². The number of fused-ring (bicyclic) bond motifs is 1. The highest BCUT2D eigenvalue weighted by Crippen LogP contribution is 2.40. The van der Waals surface area contributed by atoms with E-state index in [1.165, 1.54) is 37.2 Å². The Morgan fingerprint density at radius 2 is 1.74 bits per heavy atom. The number of anilines is 1. The normalized spacial score (nSPS) is 14.6. The molecule has 6 nitrogen and oxygen atoms in total. The molecule has 0 spiro atoms. The Morgan fingerprint density at radius 1 is 1.03 bits per heavy atom. The zero-order valence-corrected chi connectivity index (χ0v) is 20.6. The van der Waals surface area contributed by atoms with Gasteiger partial charge >= 0.3 is 6.18 Å². The standard InChI is InChI=1S/C26H19ClF5N3O3/c1-35(2)21(36)7-12-5-18-22(23(34-25(18)38)17-11-15(28)3-4-19(17)27)20(6-12)33-24(37)13-8-14(26(30,31)32)10-16(29)9-13/h3-6,8-11,23H,7H2,1-2H3,(H,33,37)(H,34,38). The Hall–Kier alpha value is -3.99. The maximum Gasteiger partial charge on any atom is 0.416 e. The predicted octanol–water partition coefficient (Wildman–Crippen LogP) is 5.35. The summed E-state index contributed by atoms with van der Waals surface area (Å²) in [7, 11) is 3.05. The van der Waals surface area contributed by atoms with E-state index in [4.69, 9.17) is 11.6 Å². The number of nitrogens with one attached hydrogen (secondary N) is 2. The van der Waals surface area contributed by atoms with Crippen LogP contribution in [-0.4, -0.2) is 36.7 Å². The number of halogens is 6. The molecule has 1 heterocycles. The summed E-state index contributed by atoms with van der Waals surface area (Å²) >= 11 is 6.25. The molecule has 0 fully saturated rings. The van der Waals surface area contributed by atoms with E-state index in [0.29, 0.717) is 17.7 Å². The summed E-state index contributed by atoms with van der Waals surface area (Å²) in [6.07, 6.45) is -5.07. The number of nitrogens with zero attached hydrogens (tertiary/aromatic N) is 1. The first-order chi connectivity index (χ1) is 17.7. The molecule has 3 aromatic carbocycles. The van der Waals surface area contributed by atoms with Gasteiger partial charge in [0.15, 0.2) is 0 Å². The molecule has 0 aliphatic carbocycles. The van der Waals surface area contributed by atoms with E-state index in [-0.39, 0.29) is 45.8 Å². The lowest BCUT2D eigenvalue weighted by Gasteiger charge is -2.19. The molecule has 1 atom stereocenters. The number of rotatable bonds is 5. The van der Waals surface area contributed by atoms with Crippen molar-refractivity contribution >= 4 is 35.0 Å².